The summed E-state index contributed by atoms with van der Waals surface area (Å²) in [7, 11) is 0. The second kappa shape index (κ2) is 5.64. The van der Waals surface area contributed by atoms with Crippen LogP contribution in [0.3, 0.4) is 0 Å². The van der Waals surface area contributed by atoms with Gasteiger partial charge >= 0.3 is 5.97 Å². The van der Waals surface area contributed by atoms with Gasteiger partial charge in [0.15, 0.2) is 0 Å². The lowest BCUT2D eigenvalue weighted by atomic mass is 9.98. The second-order valence-electron chi connectivity index (χ2n) is 5.17. The zero-order chi connectivity index (χ0) is 12.2. The SMILES string of the molecule is CC(CCC(=O)O)N1CCCC(C)(O)CC1. The van der Waals surface area contributed by atoms with Gasteiger partial charge < -0.3 is 15.1 Å². The summed E-state index contributed by atoms with van der Waals surface area (Å²) < 4.78 is 0. The lowest BCUT2D eigenvalue weighted by Crippen LogP contribution is -2.35. The summed E-state index contributed by atoms with van der Waals surface area (Å²) in [4.78, 5) is 12.8. The van der Waals surface area contributed by atoms with Gasteiger partial charge in [-0.25, -0.2) is 0 Å². The van der Waals surface area contributed by atoms with Crippen LogP contribution in [0.25, 0.3) is 0 Å². The lowest BCUT2D eigenvalue weighted by Gasteiger charge is -2.27. The van der Waals surface area contributed by atoms with Crippen molar-refractivity contribution in [3.63, 3.8) is 0 Å². The third-order valence-electron chi connectivity index (χ3n) is 3.50. The van der Waals surface area contributed by atoms with Crippen LogP contribution in [0, 0.1) is 0 Å². The van der Waals surface area contributed by atoms with Gasteiger partial charge in [-0.1, -0.05) is 0 Å². The molecule has 2 N–H and O–H groups in total. The quantitative estimate of drug-likeness (QED) is 0.766. The van der Waals surface area contributed by atoms with Gasteiger partial charge in [0.1, 0.15) is 0 Å². The first-order chi connectivity index (χ1) is 7.41. The van der Waals surface area contributed by atoms with E-state index in [1.165, 1.54) is 0 Å². The Morgan fingerprint density at radius 2 is 2.12 bits per heavy atom. The zero-order valence-electron chi connectivity index (χ0n) is 10.3. The maximum Gasteiger partial charge on any atom is 0.303 e. The molecule has 0 aliphatic carbocycles. The Labute approximate surface area is 97.3 Å². The minimum Gasteiger partial charge on any atom is -0.481 e. The Morgan fingerprint density at radius 3 is 2.75 bits per heavy atom. The van der Waals surface area contributed by atoms with Crippen LogP contribution in [-0.2, 0) is 4.79 Å². The van der Waals surface area contributed by atoms with E-state index in [1.807, 2.05) is 6.92 Å². The number of rotatable bonds is 4. The first-order valence-corrected chi connectivity index (χ1v) is 6.09. The monoisotopic (exact) mass is 229 g/mol. The number of aliphatic carboxylic acids is 1. The van der Waals surface area contributed by atoms with Crippen molar-refractivity contribution in [2.24, 2.45) is 0 Å². The Balaban J connectivity index is 2.38. The minimum absolute atomic E-state index is 0.230. The van der Waals surface area contributed by atoms with Crippen LogP contribution < -0.4 is 0 Å². The standard InChI is InChI=1S/C12H23NO3/c1-10(4-5-11(14)15)13-8-3-6-12(2,16)7-9-13/h10,16H,3-9H2,1-2H3,(H,14,15). The molecule has 1 heterocycles. The van der Waals surface area contributed by atoms with Crippen molar-refractivity contribution < 1.29 is 15.0 Å². The van der Waals surface area contributed by atoms with E-state index in [9.17, 15) is 9.90 Å². The molecular formula is C12H23NO3. The van der Waals surface area contributed by atoms with Gasteiger partial charge in [0, 0.05) is 19.0 Å². The molecule has 0 saturated carbocycles. The topological polar surface area (TPSA) is 60.8 Å². The highest BCUT2D eigenvalue weighted by atomic mass is 16.4. The number of hydrogen-bond acceptors (Lipinski definition) is 3. The molecule has 1 rings (SSSR count). The second-order valence-corrected chi connectivity index (χ2v) is 5.17. The summed E-state index contributed by atoms with van der Waals surface area (Å²) in [5, 5.41) is 18.6. The van der Waals surface area contributed by atoms with Crippen molar-refractivity contribution in [1.82, 2.24) is 4.90 Å². The van der Waals surface area contributed by atoms with E-state index < -0.39 is 11.6 Å². The van der Waals surface area contributed by atoms with E-state index in [-0.39, 0.29) is 6.42 Å². The van der Waals surface area contributed by atoms with E-state index in [0.29, 0.717) is 12.5 Å². The Kier molecular flexibility index (Phi) is 4.74. The molecule has 0 bridgehead atoms. The summed E-state index contributed by atoms with van der Waals surface area (Å²) in [6.45, 7) is 5.80. The van der Waals surface area contributed by atoms with Crippen molar-refractivity contribution in [1.29, 1.82) is 0 Å². The summed E-state index contributed by atoms with van der Waals surface area (Å²) in [6.07, 6.45) is 3.54. The summed E-state index contributed by atoms with van der Waals surface area (Å²) in [6, 6.07) is 0.296. The number of aliphatic hydroxyl groups is 1. The molecule has 4 nitrogen and oxygen atoms in total. The number of carbonyl (C=O) groups is 1. The molecule has 0 aromatic heterocycles. The fraction of sp³-hybridized carbons (Fsp3) is 0.917. The molecular weight excluding hydrogens is 206 g/mol. The molecule has 94 valence electrons. The Hall–Kier alpha value is -0.610. The fourth-order valence-corrected chi connectivity index (χ4v) is 2.24. The van der Waals surface area contributed by atoms with Gasteiger partial charge in [0.2, 0.25) is 0 Å². The lowest BCUT2D eigenvalue weighted by molar-refractivity contribution is -0.137. The van der Waals surface area contributed by atoms with E-state index in [1.54, 1.807) is 0 Å². The summed E-state index contributed by atoms with van der Waals surface area (Å²) in [5.41, 5.74) is -0.540. The van der Waals surface area contributed by atoms with Gasteiger partial charge in [-0.15, -0.1) is 0 Å². The highest BCUT2D eigenvalue weighted by Crippen LogP contribution is 2.23. The number of hydrogen-bond donors (Lipinski definition) is 2. The Bertz CT molecular complexity index is 240. The Morgan fingerprint density at radius 1 is 1.44 bits per heavy atom. The van der Waals surface area contributed by atoms with Crippen molar-refractivity contribution in [2.75, 3.05) is 13.1 Å². The molecule has 0 aromatic rings. The van der Waals surface area contributed by atoms with Crippen molar-refractivity contribution >= 4 is 5.97 Å². The van der Waals surface area contributed by atoms with Gasteiger partial charge in [-0.2, -0.15) is 0 Å². The molecule has 1 aliphatic rings. The molecule has 4 heteroatoms. The fourth-order valence-electron chi connectivity index (χ4n) is 2.24. The van der Waals surface area contributed by atoms with Crippen LogP contribution >= 0.6 is 0 Å². The molecule has 1 aliphatic heterocycles. The number of nitrogens with zero attached hydrogens (tertiary/aromatic N) is 1. The van der Waals surface area contributed by atoms with E-state index in [0.717, 1.165) is 32.4 Å². The molecule has 0 spiro atoms. The van der Waals surface area contributed by atoms with Crippen LogP contribution in [0.1, 0.15) is 46.0 Å². The maximum atomic E-state index is 10.5. The number of carboxylic acids is 1. The van der Waals surface area contributed by atoms with Crippen LogP contribution in [0.5, 0.6) is 0 Å². The van der Waals surface area contributed by atoms with Crippen LogP contribution in [0.15, 0.2) is 0 Å². The average Bonchev–Trinajstić information content (AvgIpc) is 2.35. The van der Waals surface area contributed by atoms with Crippen molar-refractivity contribution in [3.8, 4) is 0 Å². The third kappa shape index (κ3) is 4.49. The van der Waals surface area contributed by atoms with E-state index in [4.69, 9.17) is 5.11 Å². The van der Waals surface area contributed by atoms with Crippen LogP contribution in [-0.4, -0.2) is 45.8 Å². The molecule has 16 heavy (non-hydrogen) atoms. The van der Waals surface area contributed by atoms with Crippen LogP contribution in [0.4, 0.5) is 0 Å². The van der Waals surface area contributed by atoms with E-state index in [2.05, 4.69) is 11.8 Å². The maximum absolute atomic E-state index is 10.5. The molecule has 1 saturated heterocycles. The van der Waals surface area contributed by atoms with Crippen molar-refractivity contribution in [2.45, 2.75) is 57.6 Å². The van der Waals surface area contributed by atoms with Gasteiger partial charge in [-0.3, -0.25) is 4.79 Å². The zero-order valence-corrected chi connectivity index (χ0v) is 10.3. The summed E-state index contributed by atoms with van der Waals surface area (Å²) in [5.74, 6) is -0.728. The van der Waals surface area contributed by atoms with Gasteiger partial charge in [0.05, 0.1) is 5.60 Å². The molecule has 0 amide bonds. The molecule has 1 fully saturated rings. The first-order valence-electron chi connectivity index (χ1n) is 6.09. The smallest absolute Gasteiger partial charge is 0.303 e. The summed E-state index contributed by atoms with van der Waals surface area (Å²) >= 11 is 0. The molecule has 0 radical (unpaired) electrons. The van der Waals surface area contributed by atoms with Crippen LogP contribution in [0.2, 0.25) is 0 Å². The first kappa shape index (κ1) is 13.5. The molecule has 2 unspecified atom stereocenters. The highest BCUT2D eigenvalue weighted by molar-refractivity contribution is 5.66. The minimum atomic E-state index is -0.728. The van der Waals surface area contributed by atoms with Gasteiger partial charge in [0.25, 0.3) is 0 Å². The molecule has 0 aromatic carbocycles. The molecule has 2 atom stereocenters. The highest BCUT2D eigenvalue weighted by Gasteiger charge is 2.26. The predicted octanol–water partition coefficient (Wildman–Crippen LogP) is 1.48. The predicted molar refractivity (Wildman–Crippen MR) is 62.4 cm³/mol. The van der Waals surface area contributed by atoms with E-state index >= 15 is 0 Å². The number of carboxylic acid groups (broad SMARTS) is 1. The number of likely N-dealkylation sites (tertiary alicyclic amines) is 1. The van der Waals surface area contributed by atoms with Crippen molar-refractivity contribution in [3.05, 3.63) is 0 Å². The largest absolute Gasteiger partial charge is 0.481 e. The van der Waals surface area contributed by atoms with Gasteiger partial charge in [-0.05, 0) is 46.1 Å². The third-order valence-corrected chi connectivity index (χ3v) is 3.50. The normalized spacial score (nSPS) is 29.7. The average molecular weight is 229 g/mol.